The minimum atomic E-state index is -1.40. The van der Waals surface area contributed by atoms with Crippen LogP contribution < -0.4 is 41.6 Å². The standard InChI is InChI=1S/C39H56N10O10S/c1-7-10-18-55-28-23-49(57-20-12-9-3)29(21-27(28)50)45-35(41-17-16-40)42-22-25-30(32(51)43-25)46-33(52)31(26-24-60-36(44-26)47-37(54)58-38(4,5)6)48-59-39(14-13-15-39)34(53)56-19-11-8-2/h21,23-25,30H,7-15,17-20,22H2,1-6H3,(H,43,51)(H,46,52)(H2,41,42,45)(H,44,47,54)/b48-31-/t25-,30+/m1/s1. The van der Waals surface area contributed by atoms with Crippen LogP contribution in [0.5, 0.6) is 5.75 Å². The molecule has 0 unspecified atom stereocenters. The zero-order valence-electron chi connectivity index (χ0n) is 35.0. The van der Waals surface area contributed by atoms with Crippen molar-refractivity contribution in [1.29, 1.82) is 5.26 Å². The zero-order chi connectivity index (χ0) is 43.7. The number of unbranched alkanes of at least 4 members (excludes halogenated alkanes) is 3. The lowest BCUT2D eigenvalue weighted by atomic mass is 9.80. The predicted octanol–water partition coefficient (Wildman–Crippen LogP) is 3.61. The number of rotatable bonds is 22. The molecule has 1 saturated carbocycles. The van der Waals surface area contributed by atoms with Crippen LogP contribution in [0.25, 0.3) is 0 Å². The third kappa shape index (κ3) is 13.6. The number of aliphatic imine (C=N–C) groups is 1. The molecular weight excluding hydrogens is 801 g/mol. The molecule has 21 heteroatoms. The number of anilines is 2. The van der Waals surface area contributed by atoms with Gasteiger partial charge in [0.05, 0.1) is 31.5 Å². The van der Waals surface area contributed by atoms with E-state index in [0.29, 0.717) is 38.9 Å². The number of carbonyl (C=O) groups is 4. The van der Waals surface area contributed by atoms with Crippen LogP contribution in [-0.4, -0.2) is 101 Å². The van der Waals surface area contributed by atoms with Crippen molar-refractivity contribution < 1.29 is 43.1 Å². The molecule has 0 radical (unpaired) electrons. The number of nitrogens with one attached hydrogen (secondary N) is 5. The highest BCUT2D eigenvalue weighted by Crippen LogP contribution is 2.37. The molecule has 2 aromatic heterocycles. The minimum Gasteiger partial charge on any atom is -0.488 e. The van der Waals surface area contributed by atoms with Gasteiger partial charge in [-0.3, -0.25) is 19.7 Å². The van der Waals surface area contributed by atoms with Crippen LogP contribution in [0.1, 0.15) is 105 Å². The molecule has 2 aliphatic rings. The first-order valence-corrected chi connectivity index (χ1v) is 21.1. The molecule has 5 N–H and O–H groups in total. The molecule has 60 heavy (non-hydrogen) atoms. The summed E-state index contributed by atoms with van der Waals surface area (Å²) < 4.78 is 17.8. The van der Waals surface area contributed by atoms with Crippen molar-refractivity contribution in [2.75, 3.05) is 43.5 Å². The Labute approximate surface area is 352 Å². The van der Waals surface area contributed by atoms with Crippen LogP contribution in [0.3, 0.4) is 0 Å². The molecule has 1 aliphatic heterocycles. The van der Waals surface area contributed by atoms with Crippen molar-refractivity contribution in [2.24, 2.45) is 10.1 Å². The van der Waals surface area contributed by atoms with E-state index in [2.05, 4.69) is 41.7 Å². The van der Waals surface area contributed by atoms with Gasteiger partial charge in [0, 0.05) is 30.8 Å². The number of nitrogens with zero attached hydrogens (tertiary/aromatic N) is 5. The molecule has 1 saturated heterocycles. The first kappa shape index (κ1) is 46.8. The maximum absolute atomic E-state index is 14.0. The molecule has 2 fully saturated rings. The Bertz CT molecular complexity index is 1960. The normalized spacial score (nSPS) is 17.1. The molecule has 3 amide bonds. The van der Waals surface area contributed by atoms with Crippen molar-refractivity contribution in [3.8, 4) is 11.8 Å². The van der Waals surface area contributed by atoms with Crippen molar-refractivity contribution in [1.82, 2.24) is 25.7 Å². The van der Waals surface area contributed by atoms with Gasteiger partial charge in [-0.1, -0.05) is 45.2 Å². The number of oxime groups is 1. The zero-order valence-corrected chi connectivity index (χ0v) is 35.8. The second-order valence-electron chi connectivity index (χ2n) is 15.0. The van der Waals surface area contributed by atoms with Crippen LogP contribution >= 0.6 is 11.3 Å². The number of thiazole rings is 1. The Balaban J connectivity index is 1.52. The van der Waals surface area contributed by atoms with E-state index in [9.17, 15) is 29.2 Å². The topological polar surface area (TPSA) is 258 Å². The van der Waals surface area contributed by atoms with Gasteiger partial charge < -0.3 is 45.2 Å². The Morgan fingerprint density at radius 1 is 1.07 bits per heavy atom. The number of aromatic nitrogens is 2. The van der Waals surface area contributed by atoms with Gasteiger partial charge in [-0.15, -0.1) is 11.3 Å². The number of guanidine groups is 1. The molecule has 4 rings (SSSR count). The summed E-state index contributed by atoms with van der Waals surface area (Å²) >= 11 is 0.992. The largest absolute Gasteiger partial charge is 0.488 e. The first-order chi connectivity index (χ1) is 28.7. The van der Waals surface area contributed by atoms with Crippen molar-refractivity contribution in [3.63, 3.8) is 0 Å². The van der Waals surface area contributed by atoms with Gasteiger partial charge in [0.2, 0.25) is 16.9 Å². The Kier molecular flexibility index (Phi) is 17.5. The number of hydrogen-bond acceptors (Lipinski definition) is 15. The second-order valence-corrected chi connectivity index (χ2v) is 15.9. The third-order valence-electron chi connectivity index (χ3n) is 8.95. The Morgan fingerprint density at radius 2 is 1.78 bits per heavy atom. The SMILES string of the molecule is CCCCOC(=O)C1(O/N=C(\C(=O)N[C@@H]2C(=O)N[C@@H]2CN/C(=N/CC#N)Nc2cc(=O)c(OCCCC)cn2OCCCC)c2csc(NC(=O)OC(C)(C)C)n2)CCC1. The smallest absolute Gasteiger partial charge is 0.413 e. The van der Waals surface area contributed by atoms with E-state index in [1.54, 1.807) is 20.8 Å². The van der Waals surface area contributed by atoms with E-state index < -0.39 is 52.6 Å². The fourth-order valence-corrected chi connectivity index (χ4v) is 6.13. The van der Waals surface area contributed by atoms with Crippen LogP contribution in [-0.2, 0) is 28.7 Å². The van der Waals surface area contributed by atoms with E-state index >= 15 is 0 Å². The molecular formula is C39H56N10O10S. The molecule has 0 bridgehead atoms. The molecule has 328 valence electrons. The summed E-state index contributed by atoms with van der Waals surface area (Å²) in [5, 5.41) is 29.0. The summed E-state index contributed by atoms with van der Waals surface area (Å²) in [6.07, 6.45) is 6.76. The quantitative estimate of drug-likeness (QED) is 0.0216. The van der Waals surface area contributed by atoms with Gasteiger partial charge in [-0.2, -0.15) is 9.99 Å². The van der Waals surface area contributed by atoms with Crippen molar-refractivity contribution in [2.45, 2.75) is 123 Å². The number of ether oxygens (including phenoxy) is 3. The Hall–Kier alpha value is -5.91. The average Bonchev–Trinajstić information content (AvgIpc) is 3.63. The second kappa shape index (κ2) is 22.5. The van der Waals surface area contributed by atoms with E-state index in [-0.39, 0.29) is 53.8 Å². The summed E-state index contributed by atoms with van der Waals surface area (Å²) in [5.74, 6) is -1.56. The predicted molar refractivity (Wildman–Crippen MR) is 223 cm³/mol. The monoisotopic (exact) mass is 856 g/mol. The lowest BCUT2D eigenvalue weighted by molar-refractivity contribution is -0.185. The molecule has 0 spiro atoms. The number of hydrogen-bond donors (Lipinski definition) is 5. The molecule has 2 aromatic rings. The van der Waals surface area contributed by atoms with Gasteiger partial charge in [-0.25, -0.2) is 19.6 Å². The van der Waals surface area contributed by atoms with E-state index in [1.807, 2.05) is 26.8 Å². The summed E-state index contributed by atoms with van der Waals surface area (Å²) in [4.78, 5) is 85.6. The highest BCUT2D eigenvalue weighted by molar-refractivity contribution is 7.14. The molecule has 20 nitrogen and oxygen atoms in total. The Morgan fingerprint density at radius 3 is 2.43 bits per heavy atom. The van der Waals surface area contributed by atoms with Gasteiger partial charge in [0.25, 0.3) is 5.91 Å². The molecule has 3 heterocycles. The van der Waals surface area contributed by atoms with Gasteiger partial charge in [-0.05, 0) is 46.5 Å². The molecule has 2 atom stereocenters. The fourth-order valence-electron chi connectivity index (χ4n) is 5.45. The van der Waals surface area contributed by atoms with Crippen LogP contribution in [0.4, 0.5) is 15.7 Å². The van der Waals surface area contributed by atoms with Gasteiger partial charge >= 0.3 is 12.1 Å². The number of amides is 3. The maximum atomic E-state index is 14.0. The van der Waals surface area contributed by atoms with Gasteiger partial charge in [0.15, 0.2) is 28.4 Å². The lowest BCUT2D eigenvalue weighted by Crippen LogP contribution is -2.72. The van der Waals surface area contributed by atoms with Crippen LogP contribution in [0, 0.1) is 11.3 Å². The minimum absolute atomic E-state index is 0.00340. The van der Waals surface area contributed by atoms with Crippen LogP contribution in [0.15, 0.2) is 32.6 Å². The van der Waals surface area contributed by atoms with Crippen LogP contribution in [0.2, 0.25) is 0 Å². The van der Waals surface area contributed by atoms with Crippen molar-refractivity contribution >= 4 is 57.8 Å². The molecule has 0 aromatic carbocycles. The lowest BCUT2D eigenvalue weighted by Gasteiger charge is -2.37. The maximum Gasteiger partial charge on any atom is 0.413 e. The fraction of sp³-hybridized carbons (Fsp3) is 0.615. The highest BCUT2D eigenvalue weighted by Gasteiger charge is 2.50. The van der Waals surface area contributed by atoms with E-state index in [0.717, 1.165) is 43.4 Å². The van der Waals surface area contributed by atoms with E-state index in [4.69, 9.17) is 23.9 Å². The number of pyridine rings is 1. The van der Waals surface area contributed by atoms with Gasteiger partial charge in [0.1, 0.15) is 30.5 Å². The highest BCUT2D eigenvalue weighted by atomic mass is 32.1. The molecule has 1 aliphatic carbocycles. The average molecular weight is 857 g/mol. The van der Waals surface area contributed by atoms with E-state index in [1.165, 1.54) is 22.4 Å². The summed E-state index contributed by atoms with van der Waals surface area (Å²) in [5.41, 5.74) is -2.93. The summed E-state index contributed by atoms with van der Waals surface area (Å²) in [7, 11) is 0. The number of esters is 1. The summed E-state index contributed by atoms with van der Waals surface area (Å²) in [6, 6.07) is 1.46. The first-order valence-electron chi connectivity index (χ1n) is 20.2. The van der Waals surface area contributed by atoms with Crippen molar-refractivity contribution in [3.05, 3.63) is 33.6 Å². The number of β-lactam (4-membered cyclic amide) rings is 1. The third-order valence-corrected chi connectivity index (χ3v) is 9.71. The number of nitriles is 1. The number of carbonyl (C=O) groups excluding carboxylic acids is 4. The summed E-state index contributed by atoms with van der Waals surface area (Å²) in [6.45, 7) is 11.8.